The maximum atomic E-state index is 11.1. The Bertz CT molecular complexity index is 273. The van der Waals surface area contributed by atoms with E-state index >= 15 is 0 Å². The van der Waals surface area contributed by atoms with Gasteiger partial charge in [0.25, 0.3) is 0 Å². The Kier molecular flexibility index (Phi) is 2.75. The zero-order valence-electron chi connectivity index (χ0n) is 6.72. The Hall–Kier alpha value is -0.713. The van der Waals surface area contributed by atoms with Crippen LogP contribution in [0.5, 0.6) is 0 Å². The molecule has 0 fully saturated rings. The van der Waals surface area contributed by atoms with Gasteiger partial charge in [0.1, 0.15) is 0 Å². The van der Waals surface area contributed by atoms with Gasteiger partial charge in [-0.3, -0.25) is 0 Å². The van der Waals surface area contributed by atoms with Crippen LogP contribution < -0.4 is 9.55 Å². The van der Waals surface area contributed by atoms with Crippen molar-refractivity contribution in [2.75, 3.05) is 7.05 Å². The summed E-state index contributed by atoms with van der Waals surface area (Å²) >= 11 is 1.92. The van der Waals surface area contributed by atoms with Gasteiger partial charge in [-0.05, 0) is 0 Å². The molecule has 0 unspecified atom stereocenters. The molecule has 11 heavy (non-hydrogen) atoms. The molecule has 0 aliphatic heterocycles. The number of nitrogens with one attached hydrogen (secondary N) is 1. The number of rotatable bonds is 1. The third-order valence-electron chi connectivity index (χ3n) is 1.62. The van der Waals surface area contributed by atoms with Crippen molar-refractivity contribution in [3.05, 3.63) is 29.8 Å². The molecule has 0 spiro atoms. The summed E-state index contributed by atoms with van der Waals surface area (Å²) in [5, 5.41) is 2.58. The molecule has 0 saturated heterocycles. The van der Waals surface area contributed by atoms with Crippen molar-refractivity contribution in [1.29, 1.82) is 0 Å². The number of carbonyl (C=O) groups is 1. The molecule has 52 valence electrons. The first-order chi connectivity index (χ1) is 5.25. The van der Waals surface area contributed by atoms with E-state index in [-0.39, 0.29) is 5.91 Å². The first-order valence-electron chi connectivity index (χ1n) is 3.53. The Morgan fingerprint density at radius 2 is 2.09 bits per heavy atom. The van der Waals surface area contributed by atoms with Crippen LogP contribution in [0.15, 0.2) is 24.3 Å². The van der Waals surface area contributed by atoms with E-state index in [9.17, 15) is 4.79 Å². The Morgan fingerprint density at radius 1 is 1.45 bits per heavy atom. The van der Waals surface area contributed by atoms with E-state index in [0.717, 1.165) is 9.80 Å². The van der Waals surface area contributed by atoms with Crippen LogP contribution in [0.25, 0.3) is 0 Å². The van der Waals surface area contributed by atoms with Gasteiger partial charge in [0, 0.05) is 0 Å². The molecule has 0 radical (unpaired) electrons. The minimum atomic E-state index is -0.0249. The monoisotopic (exact) mass is 141 g/mol. The van der Waals surface area contributed by atoms with Gasteiger partial charge in [-0.15, -0.1) is 0 Å². The first kappa shape index (κ1) is 8.38. The van der Waals surface area contributed by atoms with Crippen molar-refractivity contribution in [3.63, 3.8) is 0 Å². The predicted octanol–water partition coefficient (Wildman–Crippen LogP) is -0.160. The molecule has 1 aromatic rings. The number of amides is 1. The fourth-order valence-electron chi connectivity index (χ4n) is 0.962. The van der Waals surface area contributed by atoms with Crippen molar-refractivity contribution in [2.24, 2.45) is 0 Å². The summed E-state index contributed by atoms with van der Waals surface area (Å²) in [5.74, 6) is -0.0249. The standard InChI is InChI=1S/C8H8NO.Li/c1-9-8(10)7-5-3-2-4-6-7;/h2-5H,1H3,(H,9,10);. The van der Waals surface area contributed by atoms with E-state index in [1.54, 1.807) is 7.05 Å². The van der Waals surface area contributed by atoms with E-state index < -0.39 is 0 Å². The topological polar surface area (TPSA) is 29.1 Å². The van der Waals surface area contributed by atoms with Gasteiger partial charge in [-0.2, -0.15) is 0 Å². The van der Waals surface area contributed by atoms with Gasteiger partial charge in [0.2, 0.25) is 0 Å². The van der Waals surface area contributed by atoms with Crippen LogP contribution >= 0.6 is 0 Å². The minimum absolute atomic E-state index is 0.0249. The Labute approximate surface area is 75.2 Å². The van der Waals surface area contributed by atoms with Gasteiger partial charge in [0.05, 0.1) is 0 Å². The van der Waals surface area contributed by atoms with Crippen molar-refractivity contribution in [1.82, 2.24) is 5.32 Å². The average Bonchev–Trinajstić information content (AvgIpc) is 2.04. The SMILES string of the molecule is [Li][c]1ccccc1C(=O)NC. The molecule has 1 rings (SSSR count). The van der Waals surface area contributed by atoms with Gasteiger partial charge < -0.3 is 0 Å². The molecule has 0 heterocycles. The molecule has 1 aromatic carbocycles. The second-order valence-electron chi connectivity index (χ2n) is 2.39. The third kappa shape index (κ3) is 1.86. The molecule has 2 nitrogen and oxygen atoms in total. The van der Waals surface area contributed by atoms with E-state index in [4.69, 9.17) is 0 Å². The van der Waals surface area contributed by atoms with Gasteiger partial charge in [-0.1, -0.05) is 0 Å². The molecule has 0 aliphatic carbocycles. The van der Waals surface area contributed by atoms with Crippen LogP contribution in [0, 0.1) is 0 Å². The van der Waals surface area contributed by atoms with Crippen LogP contribution in [0.2, 0.25) is 0 Å². The zero-order chi connectivity index (χ0) is 8.27. The summed E-state index contributed by atoms with van der Waals surface area (Å²) in [5.41, 5.74) is 0.745. The summed E-state index contributed by atoms with van der Waals surface area (Å²) in [6.07, 6.45) is 0. The van der Waals surface area contributed by atoms with E-state index in [2.05, 4.69) is 5.32 Å². The summed E-state index contributed by atoms with van der Waals surface area (Å²) < 4.78 is 1.01. The number of hydrogen-bond donors (Lipinski definition) is 1. The van der Waals surface area contributed by atoms with E-state index in [1.165, 1.54) is 0 Å². The Morgan fingerprint density at radius 3 is 2.64 bits per heavy atom. The normalized spacial score (nSPS) is 9.36. The van der Waals surface area contributed by atoms with Crippen LogP contribution in [0.4, 0.5) is 0 Å². The predicted molar refractivity (Wildman–Crippen MR) is 45.2 cm³/mol. The van der Waals surface area contributed by atoms with E-state index in [0.29, 0.717) is 0 Å². The number of hydrogen-bond acceptors (Lipinski definition) is 1. The van der Waals surface area contributed by atoms with Gasteiger partial charge in [0.15, 0.2) is 0 Å². The van der Waals surface area contributed by atoms with E-state index in [1.807, 2.05) is 42.0 Å². The quantitative estimate of drug-likeness (QED) is 0.541. The van der Waals surface area contributed by atoms with Crippen molar-refractivity contribution >= 4 is 27.9 Å². The van der Waals surface area contributed by atoms with Crippen molar-refractivity contribution in [3.8, 4) is 0 Å². The van der Waals surface area contributed by atoms with Crippen LogP contribution in [-0.2, 0) is 0 Å². The van der Waals surface area contributed by atoms with Gasteiger partial charge in [-0.25, -0.2) is 0 Å². The maximum absolute atomic E-state index is 11.1. The molecular weight excluding hydrogens is 133 g/mol. The summed E-state index contributed by atoms with van der Waals surface area (Å²) in [6, 6.07) is 7.51. The van der Waals surface area contributed by atoms with Crippen molar-refractivity contribution in [2.45, 2.75) is 0 Å². The average molecular weight is 141 g/mol. The van der Waals surface area contributed by atoms with Crippen LogP contribution in [0.3, 0.4) is 0 Å². The van der Waals surface area contributed by atoms with Crippen molar-refractivity contribution < 1.29 is 4.79 Å². The molecule has 0 atom stereocenters. The molecule has 0 saturated carbocycles. The summed E-state index contributed by atoms with van der Waals surface area (Å²) in [4.78, 5) is 11.1. The number of carbonyl (C=O) groups excluding carboxylic acids is 1. The fraction of sp³-hybridized carbons (Fsp3) is 0.125. The van der Waals surface area contributed by atoms with Crippen LogP contribution in [-0.4, -0.2) is 30.7 Å². The molecule has 1 N–H and O–H groups in total. The Balaban J connectivity index is 3.03. The summed E-state index contributed by atoms with van der Waals surface area (Å²) in [6.45, 7) is 0. The molecule has 3 heteroatoms. The zero-order valence-corrected chi connectivity index (χ0v) is 6.72. The fourth-order valence-corrected chi connectivity index (χ4v) is 0.962. The van der Waals surface area contributed by atoms with Gasteiger partial charge >= 0.3 is 74.8 Å². The second-order valence-corrected chi connectivity index (χ2v) is 2.39. The van der Waals surface area contributed by atoms with Crippen LogP contribution in [0.1, 0.15) is 10.4 Å². The summed E-state index contributed by atoms with van der Waals surface area (Å²) in [7, 11) is 1.63. The second kappa shape index (κ2) is 3.61. The number of benzene rings is 1. The first-order valence-corrected chi connectivity index (χ1v) is 3.53. The third-order valence-corrected chi connectivity index (χ3v) is 1.62. The molecular formula is C8H8LiNO. The molecule has 1 amide bonds. The molecule has 0 aliphatic rings. The molecule has 0 bridgehead atoms. The molecule has 0 aromatic heterocycles.